The van der Waals surface area contributed by atoms with Crippen molar-refractivity contribution in [3.05, 3.63) is 0 Å². The molecule has 1 aliphatic heterocycles. The highest BCUT2D eigenvalue weighted by atomic mass is 16.6. The van der Waals surface area contributed by atoms with Gasteiger partial charge in [-0.05, 0) is 74.5 Å². The summed E-state index contributed by atoms with van der Waals surface area (Å²) in [5, 5.41) is 0. The summed E-state index contributed by atoms with van der Waals surface area (Å²) < 4.78 is 12.1. The van der Waals surface area contributed by atoms with Gasteiger partial charge in [-0.15, -0.1) is 0 Å². The molecule has 0 amide bonds. The Morgan fingerprint density at radius 1 is 1.07 bits per heavy atom. The third-order valence-corrected chi connectivity index (χ3v) is 10.2. The van der Waals surface area contributed by atoms with Gasteiger partial charge in [-0.1, -0.05) is 20.8 Å². The summed E-state index contributed by atoms with van der Waals surface area (Å²) in [5.74, 6) is 3.09. The summed E-state index contributed by atoms with van der Waals surface area (Å²) in [6, 6.07) is 0. The second-order valence-electron chi connectivity index (χ2n) is 11.3. The minimum atomic E-state index is -0.167. The fourth-order valence-electron chi connectivity index (χ4n) is 9.15. The first-order valence-corrected chi connectivity index (χ1v) is 11.5. The Bertz CT molecular complexity index is 717. The van der Waals surface area contributed by atoms with Crippen LogP contribution in [0.25, 0.3) is 0 Å². The molecule has 0 aromatic carbocycles. The first kappa shape index (κ1) is 19.1. The van der Waals surface area contributed by atoms with Gasteiger partial charge in [0.25, 0.3) is 0 Å². The zero-order valence-corrected chi connectivity index (χ0v) is 18.1. The molecule has 5 rings (SSSR count). The molecule has 0 unspecified atom stereocenters. The number of carbonyl (C=O) groups is 2. The highest BCUT2D eigenvalue weighted by molar-refractivity contribution is 5.79. The van der Waals surface area contributed by atoms with E-state index < -0.39 is 0 Å². The van der Waals surface area contributed by atoms with Crippen molar-refractivity contribution in [2.75, 3.05) is 0 Å². The van der Waals surface area contributed by atoms with Crippen LogP contribution in [0.15, 0.2) is 0 Å². The number of hydrogen-bond donors (Lipinski definition) is 0. The van der Waals surface area contributed by atoms with Crippen molar-refractivity contribution in [1.82, 2.24) is 0 Å². The quantitative estimate of drug-likeness (QED) is 0.515. The van der Waals surface area contributed by atoms with Gasteiger partial charge in [0, 0.05) is 24.7 Å². The molecule has 5 fully saturated rings. The topological polar surface area (TPSA) is 55.9 Å². The number of hydrogen-bond acceptors (Lipinski definition) is 4. The fraction of sp³-hybridized carbons (Fsp3) is 0.917. The Hall–Kier alpha value is -0.900. The molecule has 0 aromatic heterocycles. The van der Waals surface area contributed by atoms with Crippen LogP contribution in [0.3, 0.4) is 0 Å². The highest BCUT2D eigenvalue weighted by Crippen LogP contribution is 2.74. The van der Waals surface area contributed by atoms with E-state index in [2.05, 4.69) is 20.8 Å². The summed E-state index contributed by atoms with van der Waals surface area (Å²) in [7, 11) is 0. The van der Waals surface area contributed by atoms with E-state index in [9.17, 15) is 9.59 Å². The molecule has 4 aliphatic carbocycles. The maximum absolute atomic E-state index is 12.4. The van der Waals surface area contributed by atoms with Crippen molar-refractivity contribution in [3.63, 3.8) is 0 Å². The van der Waals surface area contributed by atoms with Gasteiger partial charge in [0.2, 0.25) is 0 Å². The van der Waals surface area contributed by atoms with Crippen molar-refractivity contribution < 1.29 is 19.1 Å². The summed E-state index contributed by atoms with van der Waals surface area (Å²) in [4.78, 5) is 23.9. The predicted molar refractivity (Wildman–Crippen MR) is 105 cm³/mol. The lowest BCUT2D eigenvalue weighted by Crippen LogP contribution is -2.59. The predicted octanol–water partition coefficient (Wildman–Crippen LogP) is 4.54. The van der Waals surface area contributed by atoms with Gasteiger partial charge in [-0.3, -0.25) is 9.59 Å². The Balaban J connectivity index is 1.45. The molecule has 1 heterocycles. The molecule has 1 saturated heterocycles. The van der Waals surface area contributed by atoms with E-state index >= 15 is 0 Å². The minimum absolute atomic E-state index is 0.0217. The number of Topliss-reactive ketones (excluding diaryl/α,β-unsaturated/α-hetero) is 1. The number of carbonyl (C=O) groups excluding carboxylic acids is 2. The number of ether oxygens (including phenoxy) is 2. The van der Waals surface area contributed by atoms with E-state index in [1.807, 2.05) is 6.92 Å². The van der Waals surface area contributed by atoms with E-state index in [0.29, 0.717) is 35.6 Å². The molecule has 1 spiro atoms. The van der Waals surface area contributed by atoms with Crippen LogP contribution >= 0.6 is 0 Å². The molecule has 156 valence electrons. The summed E-state index contributed by atoms with van der Waals surface area (Å²) >= 11 is 0. The van der Waals surface area contributed by atoms with Crippen LogP contribution in [0.5, 0.6) is 0 Å². The molecule has 28 heavy (non-hydrogen) atoms. The molecular weight excluding hydrogens is 352 g/mol. The average molecular weight is 389 g/mol. The van der Waals surface area contributed by atoms with Crippen LogP contribution in [0.2, 0.25) is 0 Å². The zero-order chi connectivity index (χ0) is 20.1. The number of fused-ring (bicyclic) bond motifs is 4. The van der Waals surface area contributed by atoms with Crippen LogP contribution in [0.4, 0.5) is 0 Å². The lowest BCUT2D eigenvalue weighted by atomic mass is 9.44. The minimum Gasteiger partial charge on any atom is -0.462 e. The van der Waals surface area contributed by atoms with Crippen LogP contribution in [-0.2, 0) is 19.1 Å². The number of rotatable bonds is 2. The van der Waals surface area contributed by atoms with E-state index in [0.717, 1.165) is 32.1 Å². The maximum Gasteiger partial charge on any atom is 0.302 e. The largest absolute Gasteiger partial charge is 0.462 e. The van der Waals surface area contributed by atoms with Crippen molar-refractivity contribution >= 4 is 11.8 Å². The molecule has 0 bridgehead atoms. The second-order valence-corrected chi connectivity index (χ2v) is 11.3. The SMILES string of the molecule is CC(=O)O[C@@H]1CC[C@]2(C)[C@@H]3CC[C@@]4(C)[C@H]([C@@H]3C[C@@H]3O[C@@]32C1)[C@H](C)C[C@@H]4C(C)=O. The smallest absolute Gasteiger partial charge is 0.302 e. The first-order valence-electron chi connectivity index (χ1n) is 11.5. The zero-order valence-electron chi connectivity index (χ0n) is 18.1. The second kappa shape index (κ2) is 5.83. The van der Waals surface area contributed by atoms with Crippen molar-refractivity contribution in [1.29, 1.82) is 0 Å². The lowest BCUT2D eigenvalue weighted by molar-refractivity contribution is -0.159. The fourth-order valence-corrected chi connectivity index (χ4v) is 9.15. The molecule has 4 heteroatoms. The van der Waals surface area contributed by atoms with Gasteiger partial charge in [0.1, 0.15) is 17.5 Å². The molecule has 4 saturated carbocycles. The summed E-state index contributed by atoms with van der Waals surface area (Å²) in [6.45, 7) is 10.6. The lowest BCUT2D eigenvalue weighted by Gasteiger charge is -2.59. The number of esters is 1. The van der Waals surface area contributed by atoms with Gasteiger partial charge in [-0.25, -0.2) is 0 Å². The Morgan fingerprint density at radius 2 is 1.82 bits per heavy atom. The van der Waals surface area contributed by atoms with Gasteiger partial charge >= 0.3 is 5.97 Å². The standard InChI is InChI=1S/C24H36O4/c1-13-10-19(14(2)25)22(4)8-7-18-17(21(13)22)11-20-24(28-20)12-16(27-15(3)26)6-9-23(18,24)5/h13,16-21H,6-12H2,1-5H3/t13-,16-,17-,18-,19-,20+,21+,22-,23-,24+/m1/s1. The van der Waals surface area contributed by atoms with Crippen LogP contribution in [0.1, 0.15) is 79.6 Å². The first-order chi connectivity index (χ1) is 13.1. The Morgan fingerprint density at radius 3 is 2.50 bits per heavy atom. The molecule has 0 radical (unpaired) electrons. The Labute approximate surface area is 169 Å². The van der Waals surface area contributed by atoms with E-state index in [-0.39, 0.29) is 34.4 Å². The normalized spacial score (nSPS) is 56.7. The number of ketones is 1. The van der Waals surface area contributed by atoms with E-state index in [1.165, 1.54) is 19.8 Å². The Kier molecular flexibility index (Phi) is 3.98. The maximum atomic E-state index is 12.4. The molecule has 0 N–H and O–H groups in total. The molecule has 5 aliphatic rings. The third-order valence-electron chi connectivity index (χ3n) is 10.2. The van der Waals surface area contributed by atoms with Crippen LogP contribution in [0, 0.1) is 40.4 Å². The van der Waals surface area contributed by atoms with Crippen LogP contribution in [-0.4, -0.2) is 29.6 Å². The summed E-state index contributed by atoms with van der Waals surface area (Å²) in [5.41, 5.74) is 0.293. The van der Waals surface area contributed by atoms with Gasteiger partial charge in [0.05, 0.1) is 6.10 Å². The summed E-state index contributed by atoms with van der Waals surface area (Å²) in [6.07, 6.45) is 7.89. The molecule has 0 aromatic rings. The average Bonchev–Trinajstić information content (AvgIpc) is 3.21. The molecule has 10 atom stereocenters. The van der Waals surface area contributed by atoms with E-state index in [4.69, 9.17) is 9.47 Å². The monoisotopic (exact) mass is 388 g/mol. The van der Waals surface area contributed by atoms with Crippen LogP contribution < -0.4 is 0 Å². The van der Waals surface area contributed by atoms with Gasteiger partial charge < -0.3 is 9.47 Å². The van der Waals surface area contributed by atoms with Crippen molar-refractivity contribution in [3.8, 4) is 0 Å². The molecule has 4 nitrogen and oxygen atoms in total. The van der Waals surface area contributed by atoms with Crippen molar-refractivity contribution in [2.45, 2.75) is 97.4 Å². The van der Waals surface area contributed by atoms with E-state index in [1.54, 1.807) is 0 Å². The molecular formula is C24H36O4. The third kappa shape index (κ3) is 2.27. The van der Waals surface area contributed by atoms with Gasteiger partial charge in [-0.2, -0.15) is 0 Å². The van der Waals surface area contributed by atoms with Gasteiger partial charge in [0.15, 0.2) is 0 Å². The van der Waals surface area contributed by atoms with Crippen molar-refractivity contribution in [2.24, 2.45) is 40.4 Å². The number of epoxide rings is 1. The highest BCUT2D eigenvalue weighted by Gasteiger charge is 2.76.